The Morgan fingerprint density at radius 3 is 2.45 bits per heavy atom. The van der Waals surface area contributed by atoms with Gasteiger partial charge in [-0.1, -0.05) is 6.92 Å². The van der Waals surface area contributed by atoms with Gasteiger partial charge in [-0.3, -0.25) is 0 Å². The Hall–Kier alpha value is 0.500. The van der Waals surface area contributed by atoms with Crippen molar-refractivity contribution >= 4 is 24.8 Å². The Morgan fingerprint density at radius 1 is 1.45 bits per heavy atom. The molecule has 0 aromatic heterocycles. The van der Waals surface area contributed by atoms with Gasteiger partial charge in [0.25, 0.3) is 0 Å². The summed E-state index contributed by atoms with van der Waals surface area (Å²) in [7, 11) is 0. The summed E-state index contributed by atoms with van der Waals surface area (Å²) >= 11 is 0. The highest BCUT2D eigenvalue weighted by atomic mass is 35.5. The van der Waals surface area contributed by atoms with Gasteiger partial charge >= 0.3 is 0 Å². The summed E-state index contributed by atoms with van der Waals surface area (Å²) in [4.78, 5) is 2.44. The molecule has 1 aliphatic rings. The van der Waals surface area contributed by atoms with E-state index in [4.69, 9.17) is 5.73 Å². The first-order valence-electron chi connectivity index (χ1n) is 3.81. The van der Waals surface area contributed by atoms with Crippen molar-refractivity contribution in [2.75, 3.05) is 19.6 Å². The van der Waals surface area contributed by atoms with Gasteiger partial charge in [-0.15, -0.1) is 24.8 Å². The van der Waals surface area contributed by atoms with Gasteiger partial charge in [0, 0.05) is 12.6 Å². The van der Waals surface area contributed by atoms with Gasteiger partial charge in [0.05, 0.1) is 0 Å². The molecule has 1 saturated heterocycles. The number of likely N-dealkylation sites (tertiary alicyclic amines) is 1. The van der Waals surface area contributed by atoms with Crippen molar-refractivity contribution in [1.29, 1.82) is 0 Å². The van der Waals surface area contributed by atoms with Crippen LogP contribution in [0.2, 0.25) is 0 Å². The minimum atomic E-state index is 0. The Morgan fingerprint density at radius 2 is 2.09 bits per heavy atom. The van der Waals surface area contributed by atoms with E-state index in [9.17, 15) is 0 Å². The highest BCUT2D eigenvalue weighted by Gasteiger charge is 2.16. The van der Waals surface area contributed by atoms with Crippen molar-refractivity contribution in [1.82, 2.24) is 4.90 Å². The van der Waals surface area contributed by atoms with Crippen LogP contribution in [0.15, 0.2) is 0 Å². The van der Waals surface area contributed by atoms with Gasteiger partial charge in [0.1, 0.15) is 0 Å². The molecule has 1 aliphatic heterocycles. The first kappa shape index (κ1) is 14.0. The summed E-state index contributed by atoms with van der Waals surface area (Å²) in [6, 6.07) is 0.455. The molecule has 0 aromatic carbocycles. The fourth-order valence-electron chi connectivity index (χ4n) is 1.38. The van der Waals surface area contributed by atoms with Crippen LogP contribution >= 0.6 is 24.8 Å². The molecular weight excluding hydrogens is 183 g/mol. The molecule has 1 atom stereocenters. The molecule has 0 aliphatic carbocycles. The smallest absolute Gasteiger partial charge is 0.0180 e. The van der Waals surface area contributed by atoms with Crippen LogP contribution in [0.25, 0.3) is 0 Å². The maximum absolute atomic E-state index is 5.71. The average Bonchev–Trinajstić information content (AvgIpc) is 2.17. The van der Waals surface area contributed by atoms with Crippen LogP contribution in [0.3, 0.4) is 0 Å². The molecule has 0 saturated carbocycles. The summed E-state index contributed by atoms with van der Waals surface area (Å²) in [5.74, 6) is 0. The molecule has 0 radical (unpaired) electrons. The molecule has 2 N–H and O–H groups in total. The minimum Gasteiger partial charge on any atom is -0.326 e. The second-order valence-corrected chi connectivity index (χ2v) is 2.85. The van der Waals surface area contributed by atoms with E-state index in [-0.39, 0.29) is 24.8 Å². The van der Waals surface area contributed by atoms with Crippen LogP contribution in [0.4, 0.5) is 0 Å². The molecule has 70 valence electrons. The Labute approximate surface area is 81.3 Å². The number of hydrogen-bond acceptors (Lipinski definition) is 2. The second kappa shape index (κ2) is 7.17. The third kappa shape index (κ3) is 4.86. The summed E-state index contributed by atoms with van der Waals surface area (Å²) in [5.41, 5.74) is 5.71. The van der Waals surface area contributed by atoms with Crippen LogP contribution in [0.5, 0.6) is 0 Å². The fraction of sp³-hybridized carbons (Fsp3) is 1.00. The molecule has 0 unspecified atom stereocenters. The van der Waals surface area contributed by atoms with E-state index in [1.54, 1.807) is 0 Å². The molecule has 1 rings (SSSR count). The molecule has 2 nitrogen and oxygen atoms in total. The minimum absolute atomic E-state index is 0. The topological polar surface area (TPSA) is 29.3 Å². The molecule has 0 spiro atoms. The second-order valence-electron chi connectivity index (χ2n) is 2.85. The van der Waals surface area contributed by atoms with Crippen LogP contribution in [-0.2, 0) is 0 Å². The first-order valence-corrected chi connectivity index (χ1v) is 3.81. The van der Waals surface area contributed by atoms with Crippen LogP contribution in [0, 0.1) is 0 Å². The number of rotatable bonds is 2. The van der Waals surface area contributed by atoms with Gasteiger partial charge < -0.3 is 10.6 Å². The van der Waals surface area contributed by atoms with Crippen molar-refractivity contribution in [3.8, 4) is 0 Å². The summed E-state index contributed by atoms with van der Waals surface area (Å²) in [6.45, 7) is 5.78. The predicted octanol–water partition coefficient (Wildman–Crippen LogP) is 1.27. The lowest BCUT2D eigenvalue weighted by Gasteiger charge is -2.12. The van der Waals surface area contributed by atoms with Crippen LogP contribution < -0.4 is 5.73 Å². The number of nitrogens with zero attached hydrogens (tertiary/aromatic N) is 1. The molecule has 4 heteroatoms. The zero-order valence-electron chi connectivity index (χ0n) is 6.95. The monoisotopic (exact) mass is 200 g/mol. The largest absolute Gasteiger partial charge is 0.326 e. The zero-order valence-corrected chi connectivity index (χ0v) is 8.59. The van der Waals surface area contributed by atoms with Crippen molar-refractivity contribution in [2.45, 2.75) is 25.8 Å². The van der Waals surface area contributed by atoms with Gasteiger partial charge in [0.2, 0.25) is 0 Å². The molecule has 1 fully saturated rings. The van der Waals surface area contributed by atoms with Gasteiger partial charge in [0.15, 0.2) is 0 Å². The van der Waals surface area contributed by atoms with E-state index in [0.717, 1.165) is 6.54 Å². The van der Waals surface area contributed by atoms with Crippen LogP contribution in [0.1, 0.15) is 19.8 Å². The quantitative estimate of drug-likeness (QED) is 0.729. The van der Waals surface area contributed by atoms with E-state index in [2.05, 4.69) is 11.8 Å². The summed E-state index contributed by atoms with van der Waals surface area (Å²) in [6.07, 6.45) is 2.45. The predicted molar refractivity (Wildman–Crippen MR) is 53.8 cm³/mol. The van der Waals surface area contributed by atoms with E-state index in [0.29, 0.717) is 6.04 Å². The summed E-state index contributed by atoms with van der Waals surface area (Å²) < 4.78 is 0. The standard InChI is InChI=1S/C7H16N2.2ClH/c1-2-4-9-5-3-7(8)6-9;;/h7H,2-6,8H2,1H3;2*1H/t7-;;/m0../s1. The van der Waals surface area contributed by atoms with E-state index >= 15 is 0 Å². The van der Waals surface area contributed by atoms with Gasteiger partial charge in [-0.2, -0.15) is 0 Å². The van der Waals surface area contributed by atoms with Gasteiger partial charge in [-0.25, -0.2) is 0 Å². The van der Waals surface area contributed by atoms with Crippen LogP contribution in [-0.4, -0.2) is 30.6 Å². The first-order chi connectivity index (χ1) is 4.33. The highest BCUT2D eigenvalue weighted by molar-refractivity contribution is 5.85. The lowest BCUT2D eigenvalue weighted by atomic mass is 10.3. The zero-order chi connectivity index (χ0) is 6.69. The fourth-order valence-corrected chi connectivity index (χ4v) is 1.38. The maximum Gasteiger partial charge on any atom is 0.0180 e. The lowest BCUT2D eigenvalue weighted by Crippen LogP contribution is -2.26. The van der Waals surface area contributed by atoms with Gasteiger partial charge in [-0.05, 0) is 25.9 Å². The molecule has 11 heavy (non-hydrogen) atoms. The Balaban J connectivity index is 0. The molecule has 0 amide bonds. The number of nitrogens with two attached hydrogens (primary N) is 1. The maximum atomic E-state index is 5.71. The normalized spacial score (nSPS) is 24.0. The van der Waals surface area contributed by atoms with Crippen molar-refractivity contribution in [3.05, 3.63) is 0 Å². The van der Waals surface area contributed by atoms with E-state index < -0.39 is 0 Å². The average molecular weight is 201 g/mol. The number of halogens is 2. The SMILES string of the molecule is CCCN1CC[C@H](N)C1.Cl.Cl. The summed E-state index contributed by atoms with van der Waals surface area (Å²) in [5, 5.41) is 0. The lowest BCUT2D eigenvalue weighted by molar-refractivity contribution is 0.335. The molecule has 0 bridgehead atoms. The van der Waals surface area contributed by atoms with Crippen molar-refractivity contribution < 1.29 is 0 Å². The molecule has 0 aromatic rings. The van der Waals surface area contributed by atoms with Crippen molar-refractivity contribution in [2.24, 2.45) is 5.73 Å². The van der Waals surface area contributed by atoms with E-state index in [1.807, 2.05) is 0 Å². The molecular formula is C7H18Cl2N2. The van der Waals surface area contributed by atoms with Crippen molar-refractivity contribution in [3.63, 3.8) is 0 Å². The Kier molecular flexibility index (Phi) is 9.15. The van der Waals surface area contributed by atoms with E-state index in [1.165, 1.54) is 25.9 Å². The number of hydrogen-bond donors (Lipinski definition) is 1. The highest BCUT2D eigenvalue weighted by Crippen LogP contribution is 2.06. The molecule has 1 heterocycles. The third-order valence-electron chi connectivity index (χ3n) is 1.85. The Bertz CT molecular complexity index is 88.5. The third-order valence-corrected chi connectivity index (χ3v) is 1.85.